The highest BCUT2D eigenvalue weighted by Crippen LogP contribution is 2.31. The molecule has 0 N–H and O–H groups in total. The molecule has 114 valence electrons. The van der Waals surface area contributed by atoms with Gasteiger partial charge in [-0.2, -0.15) is 13.2 Å². The summed E-state index contributed by atoms with van der Waals surface area (Å²) in [5.74, 6) is 0. The van der Waals surface area contributed by atoms with Gasteiger partial charge in [0.1, 0.15) is 5.65 Å². The van der Waals surface area contributed by atoms with Crippen LogP contribution >= 0.6 is 0 Å². The molecule has 2 aromatic carbocycles. The van der Waals surface area contributed by atoms with E-state index < -0.39 is 11.7 Å². The molecule has 0 radical (unpaired) electrons. The second kappa shape index (κ2) is 4.84. The van der Waals surface area contributed by atoms with Gasteiger partial charge in [0.05, 0.1) is 16.8 Å². The highest BCUT2D eigenvalue weighted by molar-refractivity contribution is 5.83. The number of alkyl halides is 3. The number of para-hydroxylation sites is 1. The predicted octanol–water partition coefficient (Wildman–Crippen LogP) is 5.17. The minimum atomic E-state index is -4.33. The average Bonchev–Trinajstić information content (AvgIpc) is 2.99. The Kier molecular flexibility index (Phi) is 2.91. The lowest BCUT2D eigenvalue weighted by atomic mass is 10.1. The fraction of sp³-hybridized carbons (Fsp3) is 0.0556. The second-order valence-electron chi connectivity index (χ2n) is 5.32. The molecular weight excluding hydrogens is 301 g/mol. The van der Waals surface area contributed by atoms with Gasteiger partial charge < -0.3 is 0 Å². The Labute approximate surface area is 129 Å². The summed E-state index contributed by atoms with van der Waals surface area (Å²) in [5.41, 5.74) is 2.42. The van der Waals surface area contributed by atoms with Crippen molar-refractivity contribution in [3.05, 3.63) is 72.4 Å². The summed E-state index contributed by atoms with van der Waals surface area (Å²) in [6.45, 7) is 0. The normalized spacial score (nSPS) is 12.1. The summed E-state index contributed by atoms with van der Waals surface area (Å²) in [7, 11) is 0. The van der Waals surface area contributed by atoms with E-state index in [1.807, 2.05) is 47.0 Å². The van der Waals surface area contributed by atoms with E-state index in [0.29, 0.717) is 11.3 Å². The monoisotopic (exact) mass is 312 g/mol. The first-order chi connectivity index (χ1) is 11.0. The van der Waals surface area contributed by atoms with E-state index in [0.717, 1.165) is 28.7 Å². The van der Waals surface area contributed by atoms with Gasteiger partial charge in [-0.1, -0.05) is 30.3 Å². The zero-order valence-electron chi connectivity index (χ0n) is 11.9. The Morgan fingerprint density at radius 3 is 2.30 bits per heavy atom. The summed E-state index contributed by atoms with van der Waals surface area (Å²) < 4.78 is 39.9. The van der Waals surface area contributed by atoms with Gasteiger partial charge in [-0.25, -0.2) is 4.98 Å². The molecule has 5 heteroatoms. The molecule has 0 fully saturated rings. The molecule has 2 aromatic heterocycles. The van der Waals surface area contributed by atoms with Crippen LogP contribution in [-0.2, 0) is 6.18 Å². The molecule has 23 heavy (non-hydrogen) atoms. The van der Waals surface area contributed by atoms with Gasteiger partial charge in [-0.05, 0) is 35.7 Å². The Morgan fingerprint density at radius 1 is 0.826 bits per heavy atom. The molecule has 0 bridgehead atoms. The lowest BCUT2D eigenvalue weighted by molar-refractivity contribution is -0.137. The molecule has 4 aromatic rings. The van der Waals surface area contributed by atoms with Gasteiger partial charge in [-0.3, -0.25) is 4.40 Å². The van der Waals surface area contributed by atoms with Gasteiger partial charge in [-0.15, -0.1) is 0 Å². The van der Waals surface area contributed by atoms with Crippen LogP contribution < -0.4 is 0 Å². The third-order valence-corrected chi connectivity index (χ3v) is 3.85. The largest absolute Gasteiger partial charge is 0.416 e. The summed E-state index contributed by atoms with van der Waals surface area (Å²) in [6.07, 6.45) is -2.48. The van der Waals surface area contributed by atoms with Crippen LogP contribution in [-0.4, -0.2) is 9.38 Å². The Balaban J connectivity index is 1.84. The quantitative estimate of drug-likeness (QED) is 0.474. The maximum absolute atomic E-state index is 12.6. The lowest BCUT2D eigenvalue weighted by Crippen LogP contribution is -2.03. The minimum absolute atomic E-state index is 0.648. The van der Waals surface area contributed by atoms with E-state index in [2.05, 4.69) is 4.98 Å². The summed E-state index contributed by atoms with van der Waals surface area (Å²) >= 11 is 0. The fourth-order valence-corrected chi connectivity index (χ4v) is 2.69. The Hall–Kier alpha value is -2.82. The first-order valence-electron chi connectivity index (χ1n) is 7.07. The summed E-state index contributed by atoms with van der Waals surface area (Å²) in [4.78, 5) is 4.51. The predicted molar refractivity (Wildman–Crippen MR) is 83.1 cm³/mol. The number of rotatable bonds is 1. The highest BCUT2D eigenvalue weighted by Gasteiger charge is 2.30. The number of nitrogens with zero attached hydrogens (tertiary/aromatic N) is 2. The van der Waals surface area contributed by atoms with Crippen molar-refractivity contribution in [1.82, 2.24) is 9.38 Å². The lowest BCUT2D eigenvalue weighted by Gasteiger charge is -2.06. The molecule has 0 aliphatic heterocycles. The summed E-state index contributed by atoms with van der Waals surface area (Å²) in [6, 6.07) is 16.8. The standard InChI is InChI=1S/C18H11F3N2/c19-18(20,21)14-8-5-12(6-9-14)15-11-23-16-4-2-1-3-13(16)7-10-17(23)22-15/h1-11H. The van der Waals surface area contributed by atoms with Gasteiger partial charge in [0.15, 0.2) is 0 Å². The number of halogens is 3. The highest BCUT2D eigenvalue weighted by atomic mass is 19.4. The first-order valence-corrected chi connectivity index (χ1v) is 7.07. The van der Waals surface area contributed by atoms with Crippen molar-refractivity contribution in [2.45, 2.75) is 6.18 Å². The zero-order chi connectivity index (χ0) is 16.0. The number of hydrogen-bond donors (Lipinski definition) is 0. The number of imidazole rings is 1. The van der Waals surface area contributed by atoms with Crippen LogP contribution in [0.5, 0.6) is 0 Å². The van der Waals surface area contributed by atoms with Crippen LogP contribution in [0.3, 0.4) is 0 Å². The maximum atomic E-state index is 12.6. The fourth-order valence-electron chi connectivity index (χ4n) is 2.69. The molecule has 0 amide bonds. The van der Waals surface area contributed by atoms with Crippen LogP contribution in [0.25, 0.3) is 27.8 Å². The number of hydrogen-bond acceptors (Lipinski definition) is 1. The van der Waals surface area contributed by atoms with Crippen LogP contribution in [0, 0.1) is 0 Å². The van der Waals surface area contributed by atoms with Crippen LogP contribution in [0.4, 0.5) is 13.2 Å². The molecule has 2 heterocycles. The van der Waals surface area contributed by atoms with Gasteiger partial charge >= 0.3 is 6.18 Å². The first kappa shape index (κ1) is 13.8. The maximum Gasteiger partial charge on any atom is 0.416 e. The van der Waals surface area contributed by atoms with Crippen molar-refractivity contribution < 1.29 is 13.2 Å². The van der Waals surface area contributed by atoms with Gasteiger partial charge in [0.25, 0.3) is 0 Å². The number of pyridine rings is 1. The zero-order valence-corrected chi connectivity index (χ0v) is 11.9. The molecule has 0 saturated heterocycles. The molecule has 0 aliphatic rings. The van der Waals surface area contributed by atoms with Crippen molar-refractivity contribution in [3.63, 3.8) is 0 Å². The smallest absolute Gasteiger partial charge is 0.299 e. The Bertz CT molecular complexity index is 998. The number of fused-ring (bicyclic) bond motifs is 3. The molecular formula is C18H11F3N2. The third kappa shape index (κ3) is 2.34. The van der Waals surface area contributed by atoms with Crippen molar-refractivity contribution in [2.75, 3.05) is 0 Å². The average molecular weight is 312 g/mol. The van der Waals surface area contributed by atoms with E-state index in [1.165, 1.54) is 12.1 Å². The van der Waals surface area contributed by atoms with Gasteiger partial charge in [0.2, 0.25) is 0 Å². The molecule has 4 rings (SSSR count). The van der Waals surface area contributed by atoms with Crippen LogP contribution in [0.1, 0.15) is 5.56 Å². The molecule has 0 atom stereocenters. The topological polar surface area (TPSA) is 17.3 Å². The van der Waals surface area contributed by atoms with Crippen molar-refractivity contribution >= 4 is 16.6 Å². The van der Waals surface area contributed by atoms with Crippen LogP contribution in [0.2, 0.25) is 0 Å². The van der Waals surface area contributed by atoms with Crippen molar-refractivity contribution in [3.8, 4) is 11.3 Å². The van der Waals surface area contributed by atoms with E-state index in [9.17, 15) is 13.2 Å². The van der Waals surface area contributed by atoms with Crippen LogP contribution in [0.15, 0.2) is 66.9 Å². The van der Waals surface area contributed by atoms with E-state index in [4.69, 9.17) is 0 Å². The van der Waals surface area contributed by atoms with E-state index >= 15 is 0 Å². The molecule has 0 unspecified atom stereocenters. The van der Waals surface area contributed by atoms with Crippen molar-refractivity contribution in [2.24, 2.45) is 0 Å². The van der Waals surface area contributed by atoms with Gasteiger partial charge in [0, 0.05) is 11.8 Å². The molecule has 0 saturated carbocycles. The molecule has 2 nitrogen and oxygen atoms in total. The second-order valence-corrected chi connectivity index (χ2v) is 5.32. The Morgan fingerprint density at radius 2 is 1.57 bits per heavy atom. The minimum Gasteiger partial charge on any atom is -0.299 e. The summed E-state index contributed by atoms with van der Waals surface area (Å²) in [5, 5.41) is 1.08. The number of aromatic nitrogens is 2. The van der Waals surface area contributed by atoms with E-state index in [-0.39, 0.29) is 0 Å². The van der Waals surface area contributed by atoms with Crippen molar-refractivity contribution in [1.29, 1.82) is 0 Å². The number of benzene rings is 2. The molecule has 0 aliphatic carbocycles. The SMILES string of the molecule is FC(F)(F)c1ccc(-c2cn3c(ccc4ccccc43)n2)cc1. The van der Waals surface area contributed by atoms with E-state index in [1.54, 1.807) is 0 Å². The third-order valence-electron chi connectivity index (χ3n) is 3.85. The molecule has 0 spiro atoms.